The zero-order chi connectivity index (χ0) is 16.2. The first kappa shape index (κ1) is 17.4. The van der Waals surface area contributed by atoms with Crippen molar-refractivity contribution in [3.05, 3.63) is 35.4 Å². The predicted octanol–water partition coefficient (Wildman–Crippen LogP) is 2.46. The molecule has 0 unspecified atom stereocenters. The average Bonchev–Trinajstić information content (AvgIpc) is 2.38. The summed E-state index contributed by atoms with van der Waals surface area (Å²) < 4.78 is 61.8. The minimum Gasteiger partial charge on any atom is -0.346 e. The number of halogens is 5. The quantitative estimate of drug-likeness (QED) is 0.847. The summed E-state index contributed by atoms with van der Waals surface area (Å²) in [6, 6.07) is 2.43. The molecule has 1 aromatic carbocycles. The number of benzene rings is 1. The van der Waals surface area contributed by atoms with Gasteiger partial charge in [0.2, 0.25) is 5.91 Å². The van der Waals surface area contributed by atoms with Crippen molar-refractivity contribution in [2.45, 2.75) is 25.7 Å². The van der Waals surface area contributed by atoms with Crippen molar-refractivity contribution in [1.29, 1.82) is 0 Å². The number of rotatable bonds is 5. The second kappa shape index (κ2) is 6.84. The van der Waals surface area contributed by atoms with Gasteiger partial charge in [0.25, 0.3) is 0 Å². The summed E-state index contributed by atoms with van der Waals surface area (Å²) in [5, 5.41) is 1.77. The van der Waals surface area contributed by atoms with Crippen LogP contribution in [0.2, 0.25) is 0 Å². The van der Waals surface area contributed by atoms with Crippen molar-refractivity contribution >= 4 is 5.91 Å². The van der Waals surface area contributed by atoms with Gasteiger partial charge in [0, 0.05) is 6.54 Å². The van der Waals surface area contributed by atoms with Crippen LogP contribution in [0.1, 0.15) is 12.5 Å². The highest BCUT2D eigenvalue weighted by atomic mass is 19.4. The van der Waals surface area contributed by atoms with E-state index >= 15 is 0 Å². The first-order chi connectivity index (χ1) is 9.60. The smallest absolute Gasteiger partial charge is 0.346 e. The zero-order valence-corrected chi connectivity index (χ0v) is 11.5. The number of nitrogens with one attached hydrogen (secondary N) is 1. The highest BCUT2D eigenvalue weighted by molar-refractivity contribution is 5.81. The second-order valence-corrected chi connectivity index (χ2v) is 4.67. The van der Waals surface area contributed by atoms with Crippen LogP contribution in [0.15, 0.2) is 18.2 Å². The fourth-order valence-corrected chi connectivity index (χ4v) is 1.60. The van der Waals surface area contributed by atoms with Gasteiger partial charge in [-0.1, -0.05) is 6.07 Å². The highest BCUT2D eigenvalue weighted by Crippen LogP contribution is 2.14. The molecule has 21 heavy (non-hydrogen) atoms. The molecule has 1 rings (SSSR count). The average molecular weight is 310 g/mol. The summed E-state index contributed by atoms with van der Waals surface area (Å²) in [7, 11) is 1.50. The molecule has 0 spiro atoms. The minimum absolute atomic E-state index is 0.0950. The van der Waals surface area contributed by atoms with Crippen LogP contribution >= 0.6 is 0 Å². The molecule has 0 saturated carbocycles. The molecule has 0 aliphatic carbocycles. The fraction of sp³-hybridized carbons (Fsp3) is 0.462. The van der Waals surface area contributed by atoms with E-state index in [-0.39, 0.29) is 6.54 Å². The van der Waals surface area contributed by atoms with Crippen molar-refractivity contribution in [2.24, 2.45) is 0 Å². The Balaban J connectivity index is 2.59. The normalized spacial score (nSPS) is 13.3. The summed E-state index contributed by atoms with van der Waals surface area (Å²) in [5.41, 5.74) is 0.409. The van der Waals surface area contributed by atoms with E-state index in [0.29, 0.717) is 5.56 Å². The fourth-order valence-electron chi connectivity index (χ4n) is 1.60. The van der Waals surface area contributed by atoms with E-state index in [2.05, 4.69) is 0 Å². The Hall–Kier alpha value is -1.70. The molecule has 1 aromatic rings. The molecule has 1 N–H and O–H groups in total. The number of hydrogen-bond donors (Lipinski definition) is 1. The Morgan fingerprint density at radius 3 is 2.43 bits per heavy atom. The standard InChI is InChI=1S/C13H15F5N2O/c1-8(12(21)19-7-13(16,17)18)20(2)6-9-3-4-10(14)11(15)5-9/h3-5,8H,6-7H2,1-2H3,(H,19,21)/t8-/m0/s1. The van der Waals surface area contributed by atoms with Gasteiger partial charge < -0.3 is 5.32 Å². The third-order valence-electron chi connectivity index (χ3n) is 2.92. The molecule has 0 aliphatic rings. The van der Waals surface area contributed by atoms with Crippen LogP contribution in [0, 0.1) is 11.6 Å². The van der Waals surface area contributed by atoms with Gasteiger partial charge in [-0.25, -0.2) is 8.78 Å². The van der Waals surface area contributed by atoms with Gasteiger partial charge in [0.1, 0.15) is 6.54 Å². The Kier molecular flexibility index (Phi) is 5.65. The Morgan fingerprint density at radius 2 is 1.90 bits per heavy atom. The van der Waals surface area contributed by atoms with Gasteiger partial charge in [0.05, 0.1) is 6.04 Å². The summed E-state index contributed by atoms with van der Waals surface area (Å²) in [4.78, 5) is 13.0. The van der Waals surface area contributed by atoms with E-state index in [1.54, 1.807) is 5.32 Å². The summed E-state index contributed by atoms with van der Waals surface area (Å²) >= 11 is 0. The number of likely N-dealkylation sites (N-methyl/N-ethyl adjacent to an activating group) is 1. The van der Waals surface area contributed by atoms with Crippen molar-refractivity contribution < 1.29 is 26.7 Å². The van der Waals surface area contributed by atoms with Crippen LogP contribution in [-0.2, 0) is 11.3 Å². The SMILES string of the molecule is C[C@@H](C(=O)NCC(F)(F)F)N(C)Cc1ccc(F)c(F)c1. The molecule has 0 heterocycles. The molecule has 0 aliphatic heterocycles. The minimum atomic E-state index is -4.48. The maximum Gasteiger partial charge on any atom is 0.405 e. The number of amides is 1. The molecule has 1 atom stereocenters. The molecule has 0 radical (unpaired) electrons. The van der Waals surface area contributed by atoms with Crippen molar-refractivity contribution in [3.63, 3.8) is 0 Å². The molecular formula is C13H15F5N2O. The Bertz CT molecular complexity index is 504. The topological polar surface area (TPSA) is 32.3 Å². The number of hydrogen-bond acceptors (Lipinski definition) is 2. The van der Waals surface area contributed by atoms with E-state index in [1.807, 2.05) is 0 Å². The number of nitrogens with zero attached hydrogens (tertiary/aromatic N) is 1. The lowest BCUT2D eigenvalue weighted by molar-refractivity contribution is -0.141. The Morgan fingerprint density at radius 1 is 1.29 bits per heavy atom. The van der Waals surface area contributed by atoms with Crippen molar-refractivity contribution in [1.82, 2.24) is 10.2 Å². The van der Waals surface area contributed by atoms with Crippen LogP contribution in [-0.4, -0.2) is 36.6 Å². The first-order valence-corrected chi connectivity index (χ1v) is 6.09. The zero-order valence-electron chi connectivity index (χ0n) is 11.5. The highest BCUT2D eigenvalue weighted by Gasteiger charge is 2.29. The predicted molar refractivity (Wildman–Crippen MR) is 66.4 cm³/mol. The second-order valence-electron chi connectivity index (χ2n) is 4.67. The third kappa shape index (κ3) is 5.66. The van der Waals surface area contributed by atoms with Gasteiger partial charge in [-0.15, -0.1) is 0 Å². The molecule has 8 heteroatoms. The number of carbonyl (C=O) groups excluding carboxylic acids is 1. The third-order valence-corrected chi connectivity index (χ3v) is 2.92. The molecule has 0 bridgehead atoms. The molecular weight excluding hydrogens is 295 g/mol. The maximum absolute atomic E-state index is 13.0. The molecule has 0 fully saturated rings. The molecule has 3 nitrogen and oxygen atoms in total. The van der Waals surface area contributed by atoms with Crippen LogP contribution < -0.4 is 5.32 Å². The lowest BCUT2D eigenvalue weighted by atomic mass is 10.1. The lowest BCUT2D eigenvalue weighted by Gasteiger charge is -2.24. The molecule has 0 saturated heterocycles. The summed E-state index contributed by atoms with van der Waals surface area (Å²) in [6.07, 6.45) is -4.48. The monoisotopic (exact) mass is 310 g/mol. The van der Waals surface area contributed by atoms with Crippen LogP contribution in [0.4, 0.5) is 22.0 Å². The van der Waals surface area contributed by atoms with Gasteiger partial charge >= 0.3 is 6.18 Å². The van der Waals surface area contributed by atoms with Crippen LogP contribution in [0.25, 0.3) is 0 Å². The van der Waals surface area contributed by atoms with E-state index in [9.17, 15) is 26.7 Å². The van der Waals surface area contributed by atoms with E-state index in [0.717, 1.165) is 12.1 Å². The molecule has 0 aromatic heterocycles. The number of carbonyl (C=O) groups is 1. The van der Waals surface area contributed by atoms with E-state index in [1.165, 1.54) is 24.9 Å². The largest absolute Gasteiger partial charge is 0.405 e. The van der Waals surface area contributed by atoms with Gasteiger partial charge in [-0.05, 0) is 31.7 Å². The van der Waals surface area contributed by atoms with Crippen molar-refractivity contribution in [3.8, 4) is 0 Å². The Labute approximate surface area is 118 Å². The first-order valence-electron chi connectivity index (χ1n) is 6.09. The lowest BCUT2D eigenvalue weighted by Crippen LogP contribution is -2.45. The molecule has 118 valence electrons. The maximum atomic E-state index is 13.0. The summed E-state index contributed by atoms with van der Waals surface area (Å²) in [5.74, 6) is -2.80. The van der Waals surface area contributed by atoms with Gasteiger partial charge in [-0.3, -0.25) is 9.69 Å². The van der Waals surface area contributed by atoms with Crippen LogP contribution in [0.3, 0.4) is 0 Å². The molecule has 1 amide bonds. The van der Waals surface area contributed by atoms with E-state index < -0.39 is 36.3 Å². The van der Waals surface area contributed by atoms with Crippen molar-refractivity contribution in [2.75, 3.05) is 13.6 Å². The van der Waals surface area contributed by atoms with Crippen LogP contribution in [0.5, 0.6) is 0 Å². The summed E-state index contributed by atoms with van der Waals surface area (Å²) in [6.45, 7) is 0.110. The van der Waals surface area contributed by atoms with E-state index in [4.69, 9.17) is 0 Å². The number of alkyl halides is 3. The van der Waals surface area contributed by atoms with Gasteiger partial charge in [0.15, 0.2) is 11.6 Å². The van der Waals surface area contributed by atoms with Gasteiger partial charge in [-0.2, -0.15) is 13.2 Å².